The maximum atomic E-state index is 5.73. The van der Waals surface area contributed by atoms with Crippen LogP contribution in [0.4, 0.5) is 0 Å². The molecule has 1 aliphatic rings. The number of hydrogen-bond acceptors (Lipinski definition) is 6. The lowest BCUT2D eigenvalue weighted by Crippen LogP contribution is -1.94. The molecule has 0 aromatic heterocycles. The molecule has 0 amide bonds. The van der Waals surface area contributed by atoms with Gasteiger partial charge >= 0.3 is 8.60 Å². The molecule has 1 unspecified atom stereocenters. The van der Waals surface area contributed by atoms with Gasteiger partial charge in [0.15, 0.2) is 0 Å². The zero-order valence-corrected chi connectivity index (χ0v) is 14.5. The summed E-state index contributed by atoms with van der Waals surface area (Å²) in [6.07, 6.45) is 0. The van der Waals surface area contributed by atoms with Gasteiger partial charge in [-0.05, 0) is 47.5 Å². The van der Waals surface area contributed by atoms with Gasteiger partial charge in [-0.2, -0.15) is 0 Å². The van der Waals surface area contributed by atoms with Crippen molar-refractivity contribution in [1.82, 2.24) is 0 Å². The van der Waals surface area contributed by atoms with Crippen molar-refractivity contribution >= 4 is 46.5 Å². The molecule has 2 aromatic rings. The zero-order valence-electron chi connectivity index (χ0n) is 10.9. The number of rotatable bonds is 2. The molecule has 0 spiro atoms. The third kappa shape index (κ3) is 3.89. The molecule has 3 nitrogen and oxygen atoms in total. The van der Waals surface area contributed by atoms with Crippen LogP contribution in [0.5, 0.6) is 5.75 Å². The molecule has 1 aliphatic heterocycles. The fraction of sp³-hybridized carbons (Fsp3) is 0.143. The highest BCUT2D eigenvalue weighted by Gasteiger charge is 2.22. The minimum Gasteiger partial charge on any atom is -0.427 e. The van der Waals surface area contributed by atoms with Crippen LogP contribution in [0, 0.1) is 0 Å². The summed E-state index contributed by atoms with van der Waals surface area (Å²) in [5.74, 6) is 0.700. The highest BCUT2D eigenvalue weighted by molar-refractivity contribution is 7.81. The van der Waals surface area contributed by atoms with E-state index in [0.717, 1.165) is 25.8 Å². The Balaban J connectivity index is 1.72. The summed E-state index contributed by atoms with van der Waals surface area (Å²) in [6, 6.07) is 11.3. The Kier molecular flexibility index (Phi) is 5.04. The zero-order chi connectivity index (χ0) is 14.8. The number of benzene rings is 2. The fourth-order valence-corrected chi connectivity index (χ4v) is 3.75. The van der Waals surface area contributed by atoms with Crippen LogP contribution >= 0.6 is 46.5 Å². The molecule has 1 heterocycles. The van der Waals surface area contributed by atoms with E-state index in [-0.39, 0.29) is 0 Å². The number of thiol groups is 3. The third-order valence-electron chi connectivity index (χ3n) is 2.96. The van der Waals surface area contributed by atoms with Crippen molar-refractivity contribution < 1.29 is 13.6 Å². The van der Waals surface area contributed by atoms with E-state index in [2.05, 4.69) is 37.9 Å². The topological polar surface area (TPSA) is 27.7 Å². The maximum absolute atomic E-state index is 5.73. The highest BCUT2D eigenvalue weighted by atomic mass is 32.1. The van der Waals surface area contributed by atoms with Gasteiger partial charge < -0.3 is 4.52 Å². The number of fused-ring (bicyclic) bond motifs is 1. The standard InChI is InChI=1S/C14H13O3PS3/c19-11-3-1-10(2-4-11)17-18-15-7-9-5-12(20)6-14(21)13(9)8-16-18/h1-6,19-21H,7-8H2. The van der Waals surface area contributed by atoms with Gasteiger partial charge in [-0.3, -0.25) is 9.05 Å². The van der Waals surface area contributed by atoms with Crippen molar-refractivity contribution in [3.05, 3.63) is 47.5 Å². The fourth-order valence-electron chi connectivity index (χ4n) is 1.92. The minimum atomic E-state index is -1.44. The van der Waals surface area contributed by atoms with Crippen molar-refractivity contribution in [3.8, 4) is 5.75 Å². The molecule has 0 fully saturated rings. The Bertz CT molecular complexity index is 649. The molecule has 21 heavy (non-hydrogen) atoms. The van der Waals surface area contributed by atoms with Gasteiger partial charge in [-0.15, -0.1) is 37.9 Å². The molecule has 0 saturated heterocycles. The van der Waals surface area contributed by atoms with Gasteiger partial charge in [-0.25, -0.2) is 0 Å². The Morgan fingerprint density at radius 1 is 0.905 bits per heavy atom. The Hall–Kier alpha value is -0.360. The highest BCUT2D eigenvalue weighted by Crippen LogP contribution is 2.45. The van der Waals surface area contributed by atoms with Crippen LogP contribution in [-0.4, -0.2) is 0 Å². The van der Waals surface area contributed by atoms with Gasteiger partial charge in [0, 0.05) is 14.7 Å². The van der Waals surface area contributed by atoms with Gasteiger partial charge in [0.2, 0.25) is 0 Å². The van der Waals surface area contributed by atoms with Gasteiger partial charge in [0.05, 0.1) is 13.2 Å². The molecule has 2 aromatic carbocycles. The van der Waals surface area contributed by atoms with Crippen LogP contribution in [-0.2, 0) is 22.3 Å². The first-order valence-corrected chi connectivity index (χ1v) is 8.62. The summed E-state index contributed by atoms with van der Waals surface area (Å²) in [6.45, 7) is 0.840. The van der Waals surface area contributed by atoms with Gasteiger partial charge in [0.1, 0.15) is 5.75 Å². The Labute approximate surface area is 141 Å². The summed E-state index contributed by atoms with van der Waals surface area (Å²) in [5.41, 5.74) is 2.06. The van der Waals surface area contributed by atoms with Crippen molar-refractivity contribution in [2.24, 2.45) is 0 Å². The first-order chi connectivity index (χ1) is 10.1. The van der Waals surface area contributed by atoms with Crippen LogP contribution < -0.4 is 4.52 Å². The summed E-state index contributed by atoms with van der Waals surface area (Å²) < 4.78 is 17.2. The largest absolute Gasteiger partial charge is 0.427 e. The molecule has 110 valence electrons. The average molecular weight is 356 g/mol. The molecule has 7 heteroatoms. The normalized spacial score (nSPS) is 18.0. The first kappa shape index (κ1) is 15.5. The van der Waals surface area contributed by atoms with Crippen LogP contribution in [0.25, 0.3) is 0 Å². The van der Waals surface area contributed by atoms with Crippen molar-refractivity contribution in [1.29, 1.82) is 0 Å². The lowest BCUT2D eigenvalue weighted by Gasteiger charge is -2.14. The van der Waals surface area contributed by atoms with Crippen molar-refractivity contribution in [2.75, 3.05) is 0 Å². The molecule has 0 N–H and O–H groups in total. The smallest absolute Gasteiger partial charge is 0.397 e. The summed E-state index contributed by atoms with van der Waals surface area (Å²) in [7, 11) is -1.44. The van der Waals surface area contributed by atoms with E-state index in [9.17, 15) is 0 Å². The second-order valence-corrected chi connectivity index (χ2v) is 7.12. The van der Waals surface area contributed by atoms with Gasteiger partial charge in [-0.1, -0.05) is 0 Å². The summed E-state index contributed by atoms with van der Waals surface area (Å²) in [4.78, 5) is 2.60. The van der Waals surface area contributed by atoms with Crippen LogP contribution in [0.2, 0.25) is 0 Å². The van der Waals surface area contributed by atoms with Crippen LogP contribution in [0.1, 0.15) is 11.1 Å². The first-order valence-electron chi connectivity index (χ1n) is 6.18. The minimum absolute atomic E-state index is 0.415. The Morgan fingerprint density at radius 2 is 1.62 bits per heavy atom. The van der Waals surface area contributed by atoms with E-state index >= 15 is 0 Å². The predicted octanol–water partition coefficient (Wildman–Crippen LogP) is 4.91. The predicted molar refractivity (Wildman–Crippen MR) is 91.8 cm³/mol. The third-order valence-corrected chi connectivity index (χ3v) is 4.96. The molecule has 0 radical (unpaired) electrons. The van der Waals surface area contributed by atoms with E-state index < -0.39 is 8.60 Å². The maximum Gasteiger partial charge on any atom is 0.397 e. The van der Waals surface area contributed by atoms with E-state index in [1.54, 1.807) is 0 Å². The molecular weight excluding hydrogens is 343 g/mol. The SMILES string of the molecule is Sc1ccc(OP2OCc3cc(S)cc(S)c3CO2)cc1. The van der Waals surface area contributed by atoms with Crippen LogP contribution in [0.3, 0.4) is 0 Å². The molecule has 1 atom stereocenters. The second-order valence-electron chi connectivity index (χ2n) is 4.46. The second kappa shape index (κ2) is 6.82. The monoisotopic (exact) mass is 356 g/mol. The average Bonchev–Trinajstić information content (AvgIpc) is 2.64. The van der Waals surface area contributed by atoms with E-state index in [0.29, 0.717) is 19.0 Å². The molecule has 3 rings (SSSR count). The lowest BCUT2D eigenvalue weighted by atomic mass is 10.1. The molecule has 0 bridgehead atoms. The van der Waals surface area contributed by atoms with E-state index in [1.807, 2.05) is 36.4 Å². The quantitative estimate of drug-likeness (QED) is 0.527. The van der Waals surface area contributed by atoms with Crippen molar-refractivity contribution in [3.63, 3.8) is 0 Å². The van der Waals surface area contributed by atoms with Gasteiger partial charge in [0.25, 0.3) is 0 Å². The molecule has 0 saturated carbocycles. The molecule has 0 aliphatic carbocycles. The van der Waals surface area contributed by atoms with Crippen LogP contribution in [0.15, 0.2) is 51.1 Å². The van der Waals surface area contributed by atoms with Crippen molar-refractivity contribution in [2.45, 2.75) is 27.9 Å². The van der Waals surface area contributed by atoms with E-state index in [1.165, 1.54) is 0 Å². The number of hydrogen-bond donors (Lipinski definition) is 3. The van der Waals surface area contributed by atoms with E-state index in [4.69, 9.17) is 13.6 Å². The Morgan fingerprint density at radius 3 is 2.38 bits per heavy atom. The summed E-state index contributed by atoms with van der Waals surface area (Å²) in [5, 5.41) is 0. The molecular formula is C14H13O3PS3. The lowest BCUT2D eigenvalue weighted by molar-refractivity contribution is 0.207. The summed E-state index contributed by atoms with van der Waals surface area (Å²) >= 11 is 13.1.